The Bertz CT molecular complexity index is 1050. The van der Waals surface area contributed by atoms with Crippen LogP contribution in [0.15, 0.2) is 61.1 Å². The predicted molar refractivity (Wildman–Crippen MR) is 101 cm³/mol. The van der Waals surface area contributed by atoms with Crippen LogP contribution < -0.4 is 0 Å². The summed E-state index contributed by atoms with van der Waals surface area (Å²) in [4.78, 5) is 19.8. The zero-order valence-electron chi connectivity index (χ0n) is 15.5. The maximum Gasteiger partial charge on any atom is 0.254 e. The van der Waals surface area contributed by atoms with E-state index >= 15 is 0 Å². The number of imidazole rings is 1. The first-order valence-corrected chi connectivity index (χ1v) is 9.14. The SMILES string of the molecule is CCC1(c2ccc(C#N)cc2)C(=O)N(Cc2ccc(F)cc2)Cc2cncn21. The quantitative estimate of drug-likeness (QED) is 0.701. The number of hydrogen-bond acceptors (Lipinski definition) is 3. The van der Waals surface area contributed by atoms with Crippen LogP contribution in [0.1, 0.15) is 35.7 Å². The summed E-state index contributed by atoms with van der Waals surface area (Å²) in [5, 5.41) is 9.10. The van der Waals surface area contributed by atoms with Gasteiger partial charge in [-0.15, -0.1) is 0 Å². The first-order chi connectivity index (χ1) is 13.6. The number of nitriles is 1. The number of benzene rings is 2. The summed E-state index contributed by atoms with van der Waals surface area (Å²) < 4.78 is 15.2. The van der Waals surface area contributed by atoms with Crippen molar-refractivity contribution in [3.8, 4) is 6.07 Å². The number of amides is 1. The average Bonchev–Trinajstić information content (AvgIpc) is 3.19. The molecule has 1 unspecified atom stereocenters. The highest BCUT2D eigenvalue weighted by Gasteiger charge is 2.47. The van der Waals surface area contributed by atoms with E-state index < -0.39 is 5.54 Å². The first kappa shape index (κ1) is 17.9. The maximum absolute atomic E-state index is 13.7. The van der Waals surface area contributed by atoms with Gasteiger partial charge in [0.2, 0.25) is 0 Å². The van der Waals surface area contributed by atoms with E-state index in [0.29, 0.717) is 25.1 Å². The molecular weight excluding hydrogens is 355 g/mol. The van der Waals surface area contributed by atoms with Gasteiger partial charge in [-0.2, -0.15) is 5.26 Å². The highest BCUT2D eigenvalue weighted by molar-refractivity contribution is 5.89. The number of nitrogens with zero attached hydrogens (tertiary/aromatic N) is 4. The Morgan fingerprint density at radius 3 is 2.54 bits per heavy atom. The Morgan fingerprint density at radius 1 is 1.18 bits per heavy atom. The normalized spacial score (nSPS) is 18.6. The number of aromatic nitrogens is 2. The average molecular weight is 374 g/mol. The Balaban J connectivity index is 1.79. The van der Waals surface area contributed by atoms with Crippen LogP contribution in [0.5, 0.6) is 0 Å². The number of fused-ring (bicyclic) bond motifs is 1. The summed E-state index contributed by atoms with van der Waals surface area (Å²) in [5.74, 6) is -0.332. The molecule has 1 amide bonds. The third-order valence-corrected chi connectivity index (χ3v) is 5.41. The van der Waals surface area contributed by atoms with Gasteiger partial charge in [0.25, 0.3) is 5.91 Å². The molecule has 0 N–H and O–H groups in total. The van der Waals surface area contributed by atoms with Crippen LogP contribution in [-0.2, 0) is 23.4 Å². The molecule has 28 heavy (non-hydrogen) atoms. The fourth-order valence-electron chi connectivity index (χ4n) is 3.96. The van der Waals surface area contributed by atoms with Gasteiger partial charge in [0.1, 0.15) is 11.4 Å². The number of hydrogen-bond donors (Lipinski definition) is 0. The molecule has 6 heteroatoms. The minimum Gasteiger partial charge on any atom is -0.330 e. The zero-order chi connectivity index (χ0) is 19.7. The van der Waals surface area contributed by atoms with Crippen LogP contribution in [0.3, 0.4) is 0 Å². The molecule has 0 aliphatic carbocycles. The second-order valence-corrected chi connectivity index (χ2v) is 6.95. The lowest BCUT2D eigenvalue weighted by Crippen LogP contribution is -2.54. The third-order valence-electron chi connectivity index (χ3n) is 5.41. The topological polar surface area (TPSA) is 61.9 Å². The van der Waals surface area contributed by atoms with E-state index in [1.165, 1.54) is 12.1 Å². The highest BCUT2D eigenvalue weighted by atomic mass is 19.1. The van der Waals surface area contributed by atoms with Gasteiger partial charge in [-0.05, 0) is 41.8 Å². The molecule has 0 saturated carbocycles. The number of rotatable bonds is 4. The molecule has 1 aliphatic heterocycles. The fraction of sp³-hybridized carbons (Fsp3) is 0.227. The van der Waals surface area contributed by atoms with E-state index in [2.05, 4.69) is 11.1 Å². The van der Waals surface area contributed by atoms with Crippen molar-refractivity contribution in [1.29, 1.82) is 5.26 Å². The minimum absolute atomic E-state index is 0.0328. The van der Waals surface area contributed by atoms with Gasteiger partial charge in [0.05, 0.1) is 30.2 Å². The smallest absolute Gasteiger partial charge is 0.254 e. The van der Waals surface area contributed by atoms with Crippen LogP contribution in [0.2, 0.25) is 0 Å². The van der Waals surface area contributed by atoms with Crippen LogP contribution >= 0.6 is 0 Å². The summed E-state index contributed by atoms with van der Waals surface area (Å²) in [6.07, 6.45) is 4.02. The second-order valence-electron chi connectivity index (χ2n) is 6.95. The summed E-state index contributed by atoms with van der Waals surface area (Å²) in [5.41, 5.74) is 2.26. The Labute approximate surface area is 162 Å². The van der Waals surface area contributed by atoms with Crippen molar-refractivity contribution in [2.75, 3.05) is 0 Å². The van der Waals surface area contributed by atoms with E-state index in [0.717, 1.165) is 16.8 Å². The van der Waals surface area contributed by atoms with Crippen LogP contribution in [0.4, 0.5) is 4.39 Å². The van der Waals surface area contributed by atoms with Gasteiger partial charge in [0, 0.05) is 12.7 Å². The minimum atomic E-state index is -0.919. The molecule has 2 heterocycles. The monoisotopic (exact) mass is 374 g/mol. The van der Waals surface area contributed by atoms with Gasteiger partial charge >= 0.3 is 0 Å². The largest absolute Gasteiger partial charge is 0.330 e. The number of carbonyl (C=O) groups excluding carboxylic acids is 1. The molecule has 2 aromatic carbocycles. The van der Waals surface area contributed by atoms with E-state index in [1.54, 1.807) is 41.7 Å². The third kappa shape index (κ3) is 2.76. The molecule has 1 aliphatic rings. The lowest BCUT2D eigenvalue weighted by Gasteiger charge is -2.43. The van der Waals surface area contributed by atoms with Crippen molar-refractivity contribution in [2.24, 2.45) is 0 Å². The summed E-state index contributed by atoms with van der Waals surface area (Å²) in [6.45, 7) is 2.80. The first-order valence-electron chi connectivity index (χ1n) is 9.14. The van der Waals surface area contributed by atoms with E-state index in [-0.39, 0.29) is 11.7 Å². The van der Waals surface area contributed by atoms with Crippen LogP contribution in [0.25, 0.3) is 0 Å². The van der Waals surface area contributed by atoms with Crippen molar-refractivity contribution in [2.45, 2.75) is 32.0 Å². The molecule has 4 rings (SSSR count). The lowest BCUT2D eigenvalue weighted by molar-refractivity contribution is -0.143. The van der Waals surface area contributed by atoms with Crippen LogP contribution in [-0.4, -0.2) is 20.4 Å². The van der Waals surface area contributed by atoms with Gasteiger partial charge in [-0.25, -0.2) is 9.37 Å². The maximum atomic E-state index is 13.7. The zero-order valence-corrected chi connectivity index (χ0v) is 15.5. The van der Waals surface area contributed by atoms with Gasteiger partial charge in [-0.3, -0.25) is 4.79 Å². The molecule has 1 atom stereocenters. The Hall–Kier alpha value is -3.46. The van der Waals surface area contributed by atoms with Crippen molar-refractivity contribution in [1.82, 2.24) is 14.5 Å². The van der Waals surface area contributed by atoms with E-state index in [4.69, 9.17) is 5.26 Å². The molecule has 0 fully saturated rings. The van der Waals surface area contributed by atoms with E-state index in [9.17, 15) is 9.18 Å². The van der Waals surface area contributed by atoms with Gasteiger partial charge in [0.15, 0.2) is 0 Å². The molecule has 1 aromatic heterocycles. The highest BCUT2D eigenvalue weighted by Crippen LogP contribution is 2.38. The van der Waals surface area contributed by atoms with Crippen molar-refractivity contribution in [3.63, 3.8) is 0 Å². The second kappa shape index (κ2) is 6.93. The number of halogens is 1. The Morgan fingerprint density at radius 2 is 1.89 bits per heavy atom. The molecule has 5 nitrogen and oxygen atoms in total. The Kier molecular flexibility index (Phi) is 4.44. The lowest BCUT2D eigenvalue weighted by atomic mass is 9.83. The molecule has 0 spiro atoms. The van der Waals surface area contributed by atoms with E-state index in [1.807, 2.05) is 23.6 Å². The number of carbonyl (C=O) groups is 1. The molecule has 3 aromatic rings. The summed E-state index contributed by atoms with van der Waals surface area (Å²) in [6, 6.07) is 15.5. The molecule has 0 bridgehead atoms. The summed E-state index contributed by atoms with van der Waals surface area (Å²) >= 11 is 0. The van der Waals surface area contributed by atoms with Gasteiger partial charge < -0.3 is 9.47 Å². The molecule has 0 saturated heterocycles. The molecule has 140 valence electrons. The fourth-order valence-corrected chi connectivity index (χ4v) is 3.96. The van der Waals surface area contributed by atoms with Crippen LogP contribution in [0, 0.1) is 17.1 Å². The molecular formula is C22H19FN4O. The standard InChI is InChI=1S/C22H19FN4O/c1-2-22(18-7-3-16(11-24)4-8-18)21(28)26(14-20-12-25-15-27(20)22)13-17-5-9-19(23)10-6-17/h3-10,12,15H,2,13-14H2,1H3. The van der Waals surface area contributed by atoms with Crippen molar-refractivity contribution < 1.29 is 9.18 Å². The van der Waals surface area contributed by atoms with Crippen molar-refractivity contribution in [3.05, 3.63) is 89.3 Å². The molecule has 0 radical (unpaired) electrons. The van der Waals surface area contributed by atoms with Crippen molar-refractivity contribution >= 4 is 5.91 Å². The summed E-state index contributed by atoms with van der Waals surface area (Å²) in [7, 11) is 0. The van der Waals surface area contributed by atoms with Gasteiger partial charge in [-0.1, -0.05) is 31.2 Å². The predicted octanol–water partition coefficient (Wildman–Crippen LogP) is 3.59.